The number of nitrogens with zero attached hydrogens (tertiary/aromatic N) is 4. The number of carbonyl (C=O) groups is 2. The van der Waals surface area contributed by atoms with Gasteiger partial charge in [-0.3, -0.25) is 9.59 Å². The zero-order valence-electron chi connectivity index (χ0n) is 13.6. The van der Waals surface area contributed by atoms with Gasteiger partial charge in [0.25, 0.3) is 0 Å². The molecule has 6 nitrogen and oxygen atoms in total. The molecule has 0 saturated carbocycles. The molecule has 0 aliphatic carbocycles. The number of ketones is 1. The molecule has 2 heterocycles. The molecular formula is C16H17FN4O2S2. The van der Waals surface area contributed by atoms with E-state index in [1.165, 1.54) is 36.1 Å². The number of rotatable bonds is 5. The van der Waals surface area contributed by atoms with Gasteiger partial charge in [0.2, 0.25) is 5.91 Å². The van der Waals surface area contributed by atoms with Crippen molar-refractivity contribution in [2.45, 2.75) is 11.3 Å². The maximum atomic E-state index is 14.2. The molecule has 1 amide bonds. The van der Waals surface area contributed by atoms with Crippen LogP contribution in [0.3, 0.4) is 0 Å². The topological polar surface area (TPSA) is 66.4 Å². The third-order valence-corrected chi connectivity index (χ3v) is 5.83. The van der Waals surface area contributed by atoms with Crippen LogP contribution >= 0.6 is 23.1 Å². The smallest absolute Gasteiger partial charge is 0.233 e. The molecule has 0 atom stereocenters. The fraction of sp³-hybridized carbons (Fsp3) is 0.375. The lowest BCUT2D eigenvalue weighted by atomic mass is 10.1. The summed E-state index contributed by atoms with van der Waals surface area (Å²) >= 11 is 2.79. The zero-order chi connectivity index (χ0) is 17.8. The number of halogens is 1. The number of Topliss-reactive ketones (excluding diaryl/α,β-unsaturated/α-hetero) is 1. The Labute approximate surface area is 153 Å². The Balaban J connectivity index is 1.54. The molecule has 1 aliphatic rings. The van der Waals surface area contributed by atoms with Crippen LogP contribution in [0.2, 0.25) is 0 Å². The normalized spacial score (nSPS) is 14.6. The Hall–Kier alpha value is -2.00. The molecule has 132 valence electrons. The molecule has 0 bridgehead atoms. The first-order chi connectivity index (χ1) is 12.0. The quantitative estimate of drug-likeness (QED) is 0.586. The number of anilines is 1. The summed E-state index contributed by atoms with van der Waals surface area (Å²) in [7, 11) is 0. The summed E-state index contributed by atoms with van der Waals surface area (Å²) in [5.74, 6) is -0.183. The van der Waals surface area contributed by atoms with Crippen molar-refractivity contribution in [1.29, 1.82) is 0 Å². The summed E-state index contributed by atoms with van der Waals surface area (Å²) in [5, 5.41) is 7.64. The van der Waals surface area contributed by atoms with E-state index in [0.717, 1.165) is 4.34 Å². The van der Waals surface area contributed by atoms with E-state index in [-0.39, 0.29) is 11.7 Å². The number of amides is 1. The lowest BCUT2D eigenvalue weighted by molar-refractivity contribution is -0.128. The van der Waals surface area contributed by atoms with Crippen LogP contribution in [0.15, 0.2) is 28.0 Å². The first kappa shape index (κ1) is 17.8. The Morgan fingerprint density at radius 3 is 2.64 bits per heavy atom. The number of thioether (sulfide) groups is 1. The van der Waals surface area contributed by atoms with E-state index >= 15 is 0 Å². The van der Waals surface area contributed by atoms with Gasteiger partial charge in [-0.2, -0.15) is 0 Å². The van der Waals surface area contributed by atoms with E-state index in [0.29, 0.717) is 43.2 Å². The van der Waals surface area contributed by atoms with Crippen molar-refractivity contribution in [3.05, 3.63) is 35.1 Å². The lowest BCUT2D eigenvalue weighted by Crippen LogP contribution is -2.49. The predicted octanol–water partition coefficient (Wildman–Crippen LogP) is 2.32. The van der Waals surface area contributed by atoms with Gasteiger partial charge in [-0.15, -0.1) is 10.2 Å². The second-order valence-corrected chi connectivity index (χ2v) is 7.64. The van der Waals surface area contributed by atoms with Crippen LogP contribution in [0, 0.1) is 5.82 Å². The molecule has 3 rings (SSSR count). The van der Waals surface area contributed by atoms with E-state index in [2.05, 4.69) is 10.2 Å². The summed E-state index contributed by atoms with van der Waals surface area (Å²) < 4.78 is 15.0. The summed E-state index contributed by atoms with van der Waals surface area (Å²) in [6.45, 7) is 3.63. The molecule has 0 radical (unpaired) electrons. The van der Waals surface area contributed by atoms with Crippen molar-refractivity contribution in [3.8, 4) is 0 Å². The number of hydrogen-bond acceptors (Lipinski definition) is 7. The number of aromatic nitrogens is 2. The van der Waals surface area contributed by atoms with Gasteiger partial charge in [-0.1, -0.05) is 23.1 Å². The largest absolute Gasteiger partial charge is 0.366 e. The highest BCUT2D eigenvalue weighted by Crippen LogP contribution is 2.23. The fourth-order valence-electron chi connectivity index (χ4n) is 2.62. The van der Waals surface area contributed by atoms with Crippen LogP contribution in [0.25, 0.3) is 0 Å². The van der Waals surface area contributed by atoms with E-state index in [9.17, 15) is 14.0 Å². The standard InChI is InChI=1S/C16H17FN4O2S2/c1-11(22)12-2-3-14(13(17)8-12)20-4-6-21(7-5-20)15(23)9-24-16-19-18-10-25-16/h2-3,8,10H,4-7,9H2,1H3. The minimum Gasteiger partial charge on any atom is -0.366 e. The molecule has 9 heteroatoms. The van der Waals surface area contributed by atoms with Crippen LogP contribution in [-0.4, -0.2) is 58.7 Å². The molecule has 0 unspecified atom stereocenters. The van der Waals surface area contributed by atoms with Crippen molar-refractivity contribution in [3.63, 3.8) is 0 Å². The van der Waals surface area contributed by atoms with Crippen LogP contribution in [-0.2, 0) is 4.79 Å². The molecule has 1 fully saturated rings. The average molecular weight is 380 g/mol. The number of carbonyl (C=O) groups excluding carboxylic acids is 2. The molecular weight excluding hydrogens is 363 g/mol. The van der Waals surface area contributed by atoms with Gasteiger partial charge < -0.3 is 9.80 Å². The van der Waals surface area contributed by atoms with Gasteiger partial charge in [0.1, 0.15) is 11.3 Å². The van der Waals surface area contributed by atoms with Gasteiger partial charge >= 0.3 is 0 Å². The molecule has 0 spiro atoms. The number of benzene rings is 1. The predicted molar refractivity (Wildman–Crippen MR) is 95.8 cm³/mol. The minimum absolute atomic E-state index is 0.0484. The minimum atomic E-state index is -0.403. The van der Waals surface area contributed by atoms with Gasteiger partial charge in [0.15, 0.2) is 10.1 Å². The maximum absolute atomic E-state index is 14.2. The van der Waals surface area contributed by atoms with Gasteiger partial charge in [0, 0.05) is 31.7 Å². The third kappa shape index (κ3) is 4.35. The van der Waals surface area contributed by atoms with Gasteiger partial charge in [-0.25, -0.2) is 4.39 Å². The maximum Gasteiger partial charge on any atom is 0.233 e. The van der Waals surface area contributed by atoms with Crippen molar-refractivity contribution < 1.29 is 14.0 Å². The van der Waals surface area contributed by atoms with E-state index in [4.69, 9.17) is 0 Å². The fourth-order valence-corrected chi connectivity index (χ4v) is 4.01. The molecule has 2 aromatic rings. The lowest BCUT2D eigenvalue weighted by Gasteiger charge is -2.36. The first-order valence-corrected chi connectivity index (χ1v) is 9.63. The van der Waals surface area contributed by atoms with E-state index < -0.39 is 5.82 Å². The second kappa shape index (κ2) is 7.92. The molecule has 1 aliphatic heterocycles. The highest BCUT2D eigenvalue weighted by Gasteiger charge is 2.23. The van der Waals surface area contributed by atoms with Crippen molar-refractivity contribution in [2.24, 2.45) is 0 Å². The van der Waals surface area contributed by atoms with E-state index in [1.807, 2.05) is 4.90 Å². The third-order valence-electron chi connectivity index (χ3n) is 3.99. The second-order valence-electron chi connectivity index (χ2n) is 5.58. The average Bonchev–Trinajstić information content (AvgIpc) is 3.13. The van der Waals surface area contributed by atoms with Crippen molar-refractivity contribution >= 4 is 40.5 Å². The monoisotopic (exact) mass is 380 g/mol. The highest BCUT2D eigenvalue weighted by molar-refractivity contribution is 8.01. The number of hydrogen-bond donors (Lipinski definition) is 0. The summed E-state index contributed by atoms with van der Waals surface area (Å²) in [6, 6.07) is 4.54. The van der Waals surface area contributed by atoms with Crippen LogP contribution in [0.5, 0.6) is 0 Å². The van der Waals surface area contributed by atoms with Gasteiger partial charge in [0.05, 0.1) is 11.4 Å². The van der Waals surface area contributed by atoms with Crippen molar-refractivity contribution in [2.75, 3.05) is 36.8 Å². The zero-order valence-corrected chi connectivity index (χ0v) is 15.3. The molecule has 1 aromatic carbocycles. The van der Waals surface area contributed by atoms with E-state index in [1.54, 1.807) is 22.5 Å². The van der Waals surface area contributed by atoms with Crippen LogP contribution in [0.4, 0.5) is 10.1 Å². The summed E-state index contributed by atoms with van der Waals surface area (Å²) in [4.78, 5) is 27.3. The van der Waals surface area contributed by atoms with Crippen LogP contribution in [0.1, 0.15) is 17.3 Å². The van der Waals surface area contributed by atoms with Gasteiger partial charge in [-0.05, 0) is 25.1 Å². The summed E-state index contributed by atoms with van der Waals surface area (Å²) in [6.07, 6.45) is 0. The van der Waals surface area contributed by atoms with Crippen molar-refractivity contribution in [1.82, 2.24) is 15.1 Å². The molecule has 1 saturated heterocycles. The Bertz CT molecular complexity index is 762. The number of piperazine rings is 1. The molecule has 0 N–H and O–H groups in total. The first-order valence-electron chi connectivity index (χ1n) is 7.77. The SMILES string of the molecule is CC(=O)c1ccc(N2CCN(C(=O)CSc3nncs3)CC2)c(F)c1. The molecule has 1 aromatic heterocycles. The summed E-state index contributed by atoms with van der Waals surface area (Å²) in [5.41, 5.74) is 2.47. The highest BCUT2D eigenvalue weighted by atomic mass is 32.2. The molecule has 25 heavy (non-hydrogen) atoms. The Kier molecular flexibility index (Phi) is 5.64. The Morgan fingerprint density at radius 2 is 2.04 bits per heavy atom. The Morgan fingerprint density at radius 1 is 1.28 bits per heavy atom. The van der Waals surface area contributed by atoms with Crippen LogP contribution < -0.4 is 4.90 Å².